The van der Waals surface area contributed by atoms with Crippen LogP contribution in [0.3, 0.4) is 0 Å². The van der Waals surface area contributed by atoms with E-state index >= 15 is 0 Å². The number of hydrogen-bond acceptors (Lipinski definition) is 6. The first-order valence-electron chi connectivity index (χ1n) is 7.21. The molecule has 2 aromatic rings. The Bertz CT molecular complexity index is 718. The fraction of sp³-hybridized carbons (Fsp3) is 0.333. The van der Waals surface area contributed by atoms with Gasteiger partial charge in [0.15, 0.2) is 11.0 Å². The summed E-state index contributed by atoms with van der Waals surface area (Å²) in [5.74, 6) is 0.149. The number of benzene rings is 1. The molecular weight excluding hydrogens is 396 g/mol. The van der Waals surface area contributed by atoms with Gasteiger partial charge in [-0.2, -0.15) is 0 Å². The molecule has 0 saturated heterocycles. The Morgan fingerprint density at radius 1 is 1.29 bits per heavy atom. The molecule has 2 rings (SSSR count). The van der Waals surface area contributed by atoms with Crippen molar-refractivity contribution >= 4 is 39.6 Å². The number of rotatable bonds is 7. The Morgan fingerprint density at radius 2 is 2.00 bits per heavy atom. The van der Waals surface area contributed by atoms with Crippen LogP contribution in [-0.2, 0) is 21.4 Å². The molecule has 1 N–H and O–H groups in total. The quantitative estimate of drug-likeness (QED) is 0.552. The van der Waals surface area contributed by atoms with Gasteiger partial charge in [0.25, 0.3) is 0 Å². The van der Waals surface area contributed by atoms with Gasteiger partial charge in [0.05, 0.1) is 12.4 Å². The van der Waals surface area contributed by atoms with Gasteiger partial charge in [0.2, 0.25) is 5.91 Å². The summed E-state index contributed by atoms with van der Waals surface area (Å²) < 4.78 is 7.56. The highest BCUT2D eigenvalue weighted by atomic mass is 79.9. The normalized spacial score (nSPS) is 10.5. The zero-order valence-electron chi connectivity index (χ0n) is 13.3. The lowest BCUT2D eigenvalue weighted by Gasteiger charge is -2.05. The third-order valence-corrected chi connectivity index (χ3v) is 4.55. The van der Waals surface area contributed by atoms with E-state index in [0.29, 0.717) is 11.8 Å². The molecule has 0 aliphatic rings. The van der Waals surface area contributed by atoms with Crippen LogP contribution in [0.4, 0.5) is 0 Å². The summed E-state index contributed by atoms with van der Waals surface area (Å²) in [4.78, 5) is 22.9. The molecule has 1 aromatic heterocycles. The Kier molecular flexibility index (Phi) is 6.80. The van der Waals surface area contributed by atoms with E-state index in [1.165, 1.54) is 11.8 Å². The average molecular weight is 413 g/mol. The summed E-state index contributed by atoms with van der Waals surface area (Å²) in [5, 5.41) is 11.4. The Balaban J connectivity index is 1.91. The molecule has 0 radical (unpaired) electrons. The first-order chi connectivity index (χ1) is 11.5. The molecule has 0 atom stereocenters. The van der Waals surface area contributed by atoms with E-state index in [4.69, 9.17) is 4.74 Å². The van der Waals surface area contributed by atoms with Gasteiger partial charge in [-0.3, -0.25) is 9.59 Å². The molecule has 1 amide bonds. The van der Waals surface area contributed by atoms with Gasteiger partial charge in [-0.15, -0.1) is 10.2 Å². The molecule has 7 nitrogen and oxygen atoms in total. The third-order valence-electron chi connectivity index (χ3n) is 3.00. The lowest BCUT2D eigenvalue weighted by molar-refractivity contribution is -0.143. The number of halogens is 1. The van der Waals surface area contributed by atoms with Gasteiger partial charge in [-0.25, -0.2) is 0 Å². The van der Waals surface area contributed by atoms with Crippen LogP contribution in [-0.4, -0.2) is 45.5 Å². The maximum atomic E-state index is 11.7. The van der Waals surface area contributed by atoms with E-state index in [1.807, 2.05) is 35.9 Å². The van der Waals surface area contributed by atoms with Gasteiger partial charge in [-0.1, -0.05) is 39.8 Å². The monoisotopic (exact) mass is 412 g/mol. The molecule has 0 spiro atoms. The summed E-state index contributed by atoms with van der Waals surface area (Å²) in [6, 6.07) is 7.74. The van der Waals surface area contributed by atoms with E-state index in [9.17, 15) is 9.59 Å². The number of carbonyl (C=O) groups excluding carboxylic acids is 2. The van der Waals surface area contributed by atoms with Crippen LogP contribution in [0, 0.1) is 0 Å². The first kappa shape index (κ1) is 18.5. The number of nitrogens with one attached hydrogen (secondary N) is 1. The van der Waals surface area contributed by atoms with Crippen LogP contribution in [0.5, 0.6) is 0 Å². The van der Waals surface area contributed by atoms with E-state index in [-0.39, 0.29) is 18.2 Å². The smallest absolute Gasteiger partial charge is 0.325 e. The molecule has 0 fully saturated rings. The van der Waals surface area contributed by atoms with Crippen molar-refractivity contribution in [1.82, 2.24) is 20.1 Å². The molecule has 128 valence electrons. The topological polar surface area (TPSA) is 86.1 Å². The minimum atomic E-state index is -0.452. The number of thioether (sulfide) groups is 1. The highest BCUT2D eigenvalue weighted by Gasteiger charge is 2.13. The Morgan fingerprint density at radius 3 is 2.67 bits per heavy atom. The summed E-state index contributed by atoms with van der Waals surface area (Å²) in [6.45, 7) is 1.88. The van der Waals surface area contributed by atoms with E-state index in [0.717, 1.165) is 15.9 Å². The van der Waals surface area contributed by atoms with Crippen molar-refractivity contribution in [2.75, 3.05) is 18.9 Å². The molecule has 0 bridgehead atoms. The molecule has 1 heterocycles. The number of ether oxygens (including phenoxy) is 1. The van der Waals surface area contributed by atoms with Crippen molar-refractivity contribution in [1.29, 1.82) is 0 Å². The van der Waals surface area contributed by atoms with E-state index in [1.54, 1.807) is 6.92 Å². The van der Waals surface area contributed by atoms with Crippen LogP contribution in [0.2, 0.25) is 0 Å². The Hall–Kier alpha value is -1.87. The second-order valence-corrected chi connectivity index (χ2v) is 6.60. The van der Waals surface area contributed by atoms with Crippen LogP contribution in [0.1, 0.15) is 6.92 Å². The zero-order valence-corrected chi connectivity index (χ0v) is 15.7. The molecule has 0 unspecified atom stereocenters. The molecular formula is C15H17BrN4O3S. The molecule has 0 aliphatic heterocycles. The second-order valence-electron chi connectivity index (χ2n) is 4.74. The van der Waals surface area contributed by atoms with Crippen molar-refractivity contribution in [3.05, 3.63) is 28.7 Å². The lowest BCUT2D eigenvalue weighted by Crippen LogP contribution is -2.31. The molecule has 24 heavy (non-hydrogen) atoms. The minimum absolute atomic E-state index is 0.129. The first-order valence-corrected chi connectivity index (χ1v) is 8.99. The van der Waals surface area contributed by atoms with E-state index in [2.05, 4.69) is 31.4 Å². The second kappa shape index (κ2) is 8.84. The van der Waals surface area contributed by atoms with Crippen molar-refractivity contribution in [3.63, 3.8) is 0 Å². The number of esters is 1. The largest absolute Gasteiger partial charge is 0.465 e. The molecule has 1 aromatic carbocycles. The Labute approximate surface area is 152 Å². The van der Waals surface area contributed by atoms with Crippen LogP contribution in [0.15, 0.2) is 33.9 Å². The maximum absolute atomic E-state index is 11.7. The predicted molar refractivity (Wildman–Crippen MR) is 94.5 cm³/mol. The molecule has 0 aliphatic carbocycles. The number of carbonyl (C=O) groups is 2. The maximum Gasteiger partial charge on any atom is 0.325 e. The summed E-state index contributed by atoms with van der Waals surface area (Å²) in [6.07, 6.45) is 0. The van der Waals surface area contributed by atoms with Gasteiger partial charge < -0.3 is 14.6 Å². The van der Waals surface area contributed by atoms with Crippen molar-refractivity contribution in [2.24, 2.45) is 7.05 Å². The third kappa shape index (κ3) is 5.07. The SMILES string of the molecule is CCOC(=O)CNC(=O)CSc1nnc(-c2ccc(Br)cc2)n1C. The summed E-state index contributed by atoms with van der Waals surface area (Å²) in [7, 11) is 1.84. The predicted octanol–water partition coefficient (Wildman–Crippen LogP) is 2.02. The van der Waals surface area contributed by atoms with E-state index < -0.39 is 5.97 Å². The number of nitrogens with zero attached hydrogens (tertiary/aromatic N) is 3. The molecule has 9 heteroatoms. The van der Waals surface area contributed by atoms with Crippen LogP contribution >= 0.6 is 27.7 Å². The lowest BCUT2D eigenvalue weighted by atomic mass is 10.2. The zero-order chi connectivity index (χ0) is 17.5. The summed E-state index contributed by atoms with van der Waals surface area (Å²) >= 11 is 4.65. The number of hydrogen-bond donors (Lipinski definition) is 1. The fourth-order valence-corrected chi connectivity index (χ4v) is 2.86. The minimum Gasteiger partial charge on any atom is -0.465 e. The number of aromatic nitrogens is 3. The fourth-order valence-electron chi connectivity index (χ4n) is 1.85. The van der Waals surface area contributed by atoms with Gasteiger partial charge in [-0.05, 0) is 19.1 Å². The highest BCUT2D eigenvalue weighted by molar-refractivity contribution is 9.10. The van der Waals surface area contributed by atoms with Crippen LogP contribution in [0.25, 0.3) is 11.4 Å². The van der Waals surface area contributed by atoms with Crippen molar-refractivity contribution < 1.29 is 14.3 Å². The van der Waals surface area contributed by atoms with Gasteiger partial charge in [0, 0.05) is 17.1 Å². The standard InChI is InChI=1S/C15H17BrN4O3S/c1-3-23-13(22)8-17-12(21)9-24-15-19-18-14(20(15)2)10-4-6-11(16)7-5-10/h4-7H,3,8-9H2,1-2H3,(H,17,21). The van der Waals surface area contributed by atoms with Crippen molar-refractivity contribution in [3.8, 4) is 11.4 Å². The molecule has 0 saturated carbocycles. The van der Waals surface area contributed by atoms with Gasteiger partial charge >= 0.3 is 5.97 Å². The highest BCUT2D eigenvalue weighted by Crippen LogP contribution is 2.23. The van der Waals surface area contributed by atoms with Gasteiger partial charge in [0.1, 0.15) is 6.54 Å². The van der Waals surface area contributed by atoms with Crippen LogP contribution < -0.4 is 5.32 Å². The number of amides is 1. The van der Waals surface area contributed by atoms with Crippen molar-refractivity contribution in [2.45, 2.75) is 12.1 Å². The summed E-state index contributed by atoms with van der Waals surface area (Å²) in [5.41, 5.74) is 0.937. The average Bonchev–Trinajstić information content (AvgIpc) is 2.93.